The van der Waals surface area contributed by atoms with Gasteiger partial charge in [-0.2, -0.15) is 0 Å². The molecule has 0 aliphatic carbocycles. The van der Waals surface area contributed by atoms with Crippen LogP contribution < -0.4 is 0 Å². The summed E-state index contributed by atoms with van der Waals surface area (Å²) in [6.07, 6.45) is 1.47. The Morgan fingerprint density at radius 3 is 2.71 bits per heavy atom. The van der Waals surface area contributed by atoms with E-state index in [0.717, 1.165) is 5.56 Å². The zero-order chi connectivity index (χ0) is 21.6. The minimum absolute atomic E-state index is 0.0176. The minimum Gasteiger partial charge on any atom is -0.366 e. The van der Waals surface area contributed by atoms with E-state index in [1.165, 1.54) is 0 Å². The third-order valence-electron chi connectivity index (χ3n) is 6.97. The van der Waals surface area contributed by atoms with Crippen molar-refractivity contribution in [3.05, 3.63) is 48.6 Å². The fraction of sp³-hybridized carbons (Fsp3) is 0.625. The molecule has 0 N–H and O–H groups in total. The Labute approximate surface area is 182 Å². The van der Waals surface area contributed by atoms with Gasteiger partial charge in [-0.05, 0) is 13.3 Å². The fourth-order valence-electron chi connectivity index (χ4n) is 5.24. The molecule has 4 aliphatic heterocycles. The maximum atomic E-state index is 12.6. The standard InChI is InChI=1S/C24H30O7/c1-4-8-17-16(25)11-21-24(26-3,31-17)13-19-18(28-21)12-20-23(2,30-19)14-27-22(29-20)15-9-6-5-7-10-15/h4-7,9-10,17-22H,1,8,11-14H2,2-3H3/t17-,18+,19-,20-,21-,22+,23+,24+/m0/s1. The highest BCUT2D eigenvalue weighted by Crippen LogP contribution is 2.48. The molecule has 4 aliphatic rings. The first-order chi connectivity index (χ1) is 15.0. The van der Waals surface area contributed by atoms with E-state index in [2.05, 4.69) is 6.58 Å². The Balaban J connectivity index is 1.34. The van der Waals surface area contributed by atoms with Crippen molar-refractivity contribution in [3.8, 4) is 0 Å². The quantitative estimate of drug-likeness (QED) is 0.680. The van der Waals surface area contributed by atoms with Gasteiger partial charge in [0, 0.05) is 31.9 Å². The molecule has 0 amide bonds. The molecule has 31 heavy (non-hydrogen) atoms. The lowest BCUT2D eigenvalue weighted by Gasteiger charge is -2.57. The lowest BCUT2D eigenvalue weighted by atomic mass is 9.81. The Bertz CT molecular complexity index is 828. The summed E-state index contributed by atoms with van der Waals surface area (Å²) in [7, 11) is 1.60. The number of hydrogen-bond donors (Lipinski definition) is 0. The number of methoxy groups -OCH3 is 1. The SMILES string of the molecule is C=CC[C@@H]1O[C@]2(OC)C[C@@H]3O[C@]4(C)CO[C@@H](c5ccccc5)O[C@H]4C[C@H]3O[C@H]2CC1=O. The number of ketones is 1. The molecule has 0 aromatic heterocycles. The van der Waals surface area contributed by atoms with Gasteiger partial charge in [0.05, 0.1) is 24.9 Å². The molecule has 7 heteroatoms. The van der Waals surface area contributed by atoms with Gasteiger partial charge < -0.3 is 28.4 Å². The summed E-state index contributed by atoms with van der Waals surface area (Å²) in [6, 6.07) is 9.90. The molecule has 4 heterocycles. The lowest BCUT2D eigenvalue weighted by Crippen LogP contribution is -2.69. The molecule has 4 fully saturated rings. The van der Waals surface area contributed by atoms with Gasteiger partial charge in [-0.3, -0.25) is 4.79 Å². The maximum absolute atomic E-state index is 12.6. The van der Waals surface area contributed by atoms with E-state index in [1.807, 2.05) is 37.3 Å². The highest BCUT2D eigenvalue weighted by atomic mass is 16.7. The van der Waals surface area contributed by atoms with Crippen molar-refractivity contribution in [2.24, 2.45) is 0 Å². The van der Waals surface area contributed by atoms with Crippen LogP contribution in [0.2, 0.25) is 0 Å². The van der Waals surface area contributed by atoms with Gasteiger partial charge in [-0.25, -0.2) is 0 Å². The monoisotopic (exact) mass is 430 g/mol. The van der Waals surface area contributed by atoms with E-state index in [4.69, 9.17) is 28.4 Å². The number of hydrogen-bond acceptors (Lipinski definition) is 7. The molecule has 168 valence electrons. The van der Waals surface area contributed by atoms with E-state index in [9.17, 15) is 4.79 Å². The van der Waals surface area contributed by atoms with Gasteiger partial charge in [-0.1, -0.05) is 36.4 Å². The molecule has 1 aromatic carbocycles. The van der Waals surface area contributed by atoms with Crippen LogP contribution in [0.15, 0.2) is 43.0 Å². The van der Waals surface area contributed by atoms with Crippen LogP contribution in [0, 0.1) is 0 Å². The van der Waals surface area contributed by atoms with Crippen LogP contribution in [0.25, 0.3) is 0 Å². The first-order valence-electron chi connectivity index (χ1n) is 11.0. The number of ether oxygens (including phenoxy) is 6. The smallest absolute Gasteiger partial charge is 0.198 e. The normalized spacial score (nSPS) is 44.6. The van der Waals surface area contributed by atoms with Crippen molar-refractivity contribution in [2.75, 3.05) is 13.7 Å². The van der Waals surface area contributed by atoms with Crippen molar-refractivity contribution >= 4 is 5.78 Å². The van der Waals surface area contributed by atoms with Crippen molar-refractivity contribution in [1.82, 2.24) is 0 Å². The van der Waals surface area contributed by atoms with Crippen LogP contribution >= 0.6 is 0 Å². The Hall–Kier alpha value is -1.61. The minimum atomic E-state index is -1.01. The summed E-state index contributed by atoms with van der Waals surface area (Å²) in [5, 5.41) is 0. The highest BCUT2D eigenvalue weighted by Gasteiger charge is 2.60. The largest absolute Gasteiger partial charge is 0.366 e. The molecule has 0 saturated carbocycles. The Kier molecular flexibility index (Phi) is 5.53. The molecule has 7 nitrogen and oxygen atoms in total. The van der Waals surface area contributed by atoms with E-state index in [0.29, 0.717) is 25.9 Å². The molecule has 0 radical (unpaired) electrons. The third-order valence-corrected chi connectivity index (χ3v) is 6.97. The second-order valence-electron chi connectivity index (χ2n) is 9.07. The number of benzene rings is 1. The van der Waals surface area contributed by atoms with Gasteiger partial charge in [0.15, 0.2) is 17.9 Å². The molecular formula is C24H30O7. The first-order valence-corrected chi connectivity index (χ1v) is 11.0. The summed E-state index contributed by atoms with van der Waals surface area (Å²) in [5.74, 6) is -0.987. The average molecular weight is 430 g/mol. The van der Waals surface area contributed by atoms with Crippen LogP contribution in [0.3, 0.4) is 0 Å². The molecule has 0 unspecified atom stereocenters. The molecule has 1 aromatic rings. The van der Waals surface area contributed by atoms with Gasteiger partial charge in [0.2, 0.25) is 0 Å². The zero-order valence-corrected chi connectivity index (χ0v) is 18.0. The molecule has 0 spiro atoms. The van der Waals surface area contributed by atoms with Gasteiger partial charge >= 0.3 is 0 Å². The lowest BCUT2D eigenvalue weighted by molar-refractivity contribution is -0.396. The van der Waals surface area contributed by atoms with Gasteiger partial charge in [0.1, 0.15) is 17.8 Å². The Morgan fingerprint density at radius 1 is 1.16 bits per heavy atom. The molecular weight excluding hydrogens is 400 g/mol. The van der Waals surface area contributed by atoms with Gasteiger partial charge in [-0.15, -0.1) is 6.58 Å². The van der Waals surface area contributed by atoms with Crippen molar-refractivity contribution in [2.45, 2.75) is 80.8 Å². The number of rotatable bonds is 4. The highest BCUT2D eigenvalue weighted by molar-refractivity contribution is 5.84. The Morgan fingerprint density at radius 2 is 1.97 bits per heavy atom. The zero-order valence-electron chi connectivity index (χ0n) is 18.0. The second kappa shape index (κ2) is 8.06. The molecule has 0 bridgehead atoms. The maximum Gasteiger partial charge on any atom is 0.198 e. The van der Waals surface area contributed by atoms with Crippen LogP contribution in [0.5, 0.6) is 0 Å². The average Bonchev–Trinajstić information content (AvgIpc) is 2.77. The molecule has 5 rings (SSSR count). The summed E-state index contributed by atoms with van der Waals surface area (Å²) < 4.78 is 37.2. The second-order valence-corrected chi connectivity index (χ2v) is 9.07. The number of fused-ring (bicyclic) bond motifs is 3. The summed E-state index contributed by atoms with van der Waals surface area (Å²) in [6.45, 7) is 6.17. The predicted molar refractivity (Wildman–Crippen MR) is 110 cm³/mol. The van der Waals surface area contributed by atoms with Gasteiger partial charge in [0.25, 0.3) is 0 Å². The van der Waals surface area contributed by atoms with Crippen LogP contribution in [0.4, 0.5) is 0 Å². The fourth-order valence-corrected chi connectivity index (χ4v) is 5.24. The number of carbonyl (C=O) groups excluding carboxylic acids is 1. The summed E-state index contributed by atoms with van der Waals surface area (Å²) in [5.41, 5.74) is 0.386. The van der Waals surface area contributed by atoms with E-state index < -0.39 is 29.9 Å². The first kappa shape index (κ1) is 21.2. The summed E-state index contributed by atoms with van der Waals surface area (Å²) in [4.78, 5) is 12.6. The number of Topliss-reactive ketones (excluding diaryl/α,β-unsaturated/α-hetero) is 1. The van der Waals surface area contributed by atoms with Crippen molar-refractivity contribution < 1.29 is 33.2 Å². The van der Waals surface area contributed by atoms with Crippen LogP contribution in [0.1, 0.15) is 44.5 Å². The summed E-state index contributed by atoms with van der Waals surface area (Å²) >= 11 is 0. The van der Waals surface area contributed by atoms with E-state index >= 15 is 0 Å². The third kappa shape index (κ3) is 3.67. The van der Waals surface area contributed by atoms with Crippen molar-refractivity contribution in [1.29, 1.82) is 0 Å². The molecule has 4 saturated heterocycles. The number of carbonyl (C=O) groups is 1. The predicted octanol–water partition coefficient (Wildman–Crippen LogP) is 3.08. The van der Waals surface area contributed by atoms with Crippen molar-refractivity contribution in [3.63, 3.8) is 0 Å². The van der Waals surface area contributed by atoms with Crippen LogP contribution in [-0.2, 0) is 33.2 Å². The van der Waals surface area contributed by atoms with E-state index in [-0.39, 0.29) is 30.5 Å². The van der Waals surface area contributed by atoms with Crippen LogP contribution in [-0.4, -0.2) is 61.4 Å². The van der Waals surface area contributed by atoms with E-state index in [1.54, 1.807) is 13.2 Å². The topological polar surface area (TPSA) is 72.5 Å². The molecule has 8 atom stereocenters.